The number of thioether (sulfide) groups is 1. The zero-order valence-corrected chi connectivity index (χ0v) is 21.0. The average Bonchev–Trinajstić information content (AvgIpc) is 3.32. The number of rotatable bonds is 12. The van der Waals surface area contributed by atoms with Crippen LogP contribution in [0.25, 0.3) is 5.69 Å². The van der Waals surface area contributed by atoms with Crippen molar-refractivity contribution in [3.63, 3.8) is 0 Å². The zero-order chi connectivity index (χ0) is 24.3. The molecule has 0 aliphatic heterocycles. The minimum atomic E-state index is 0.0477. The van der Waals surface area contributed by atoms with Gasteiger partial charge in [0.2, 0.25) is 5.91 Å². The van der Waals surface area contributed by atoms with Crippen LogP contribution in [0.5, 0.6) is 5.75 Å². The Bertz CT molecular complexity index is 1170. The van der Waals surface area contributed by atoms with Crippen LogP contribution in [0.2, 0.25) is 0 Å². The second-order valence-corrected chi connectivity index (χ2v) is 9.39. The highest BCUT2D eigenvalue weighted by Gasteiger charge is 2.15. The molecule has 0 saturated carbocycles. The van der Waals surface area contributed by atoms with Gasteiger partial charge in [0.1, 0.15) is 11.6 Å². The van der Waals surface area contributed by atoms with E-state index < -0.39 is 0 Å². The maximum atomic E-state index is 12.4. The number of amides is 1. The van der Waals surface area contributed by atoms with Crippen molar-refractivity contribution in [3.05, 3.63) is 89.8 Å². The van der Waals surface area contributed by atoms with Crippen molar-refractivity contribution in [2.45, 2.75) is 50.2 Å². The number of ether oxygens (including phenoxy) is 1. The van der Waals surface area contributed by atoms with E-state index in [9.17, 15) is 4.79 Å². The number of hydrogen-bond acceptors (Lipinski definition) is 5. The first-order chi connectivity index (χ1) is 17.2. The third kappa shape index (κ3) is 7.09. The third-order valence-electron chi connectivity index (χ3n) is 5.92. The molecule has 7 heteroatoms. The summed E-state index contributed by atoms with van der Waals surface area (Å²) in [6, 6.07) is 18.0. The number of hydrogen-bond donors (Lipinski definition) is 1. The van der Waals surface area contributed by atoms with E-state index in [2.05, 4.69) is 50.4 Å². The van der Waals surface area contributed by atoms with Crippen LogP contribution in [-0.2, 0) is 17.8 Å². The van der Waals surface area contributed by atoms with Gasteiger partial charge in [0.15, 0.2) is 5.16 Å². The van der Waals surface area contributed by atoms with E-state index in [0.29, 0.717) is 13.0 Å². The van der Waals surface area contributed by atoms with Gasteiger partial charge in [-0.2, -0.15) is 0 Å². The molecule has 4 rings (SSSR count). The van der Waals surface area contributed by atoms with Crippen LogP contribution in [0.3, 0.4) is 0 Å². The molecule has 1 heterocycles. The fourth-order valence-electron chi connectivity index (χ4n) is 4.02. The number of para-hydroxylation sites is 2. The van der Waals surface area contributed by atoms with Gasteiger partial charge in [0.25, 0.3) is 0 Å². The third-order valence-corrected chi connectivity index (χ3v) is 6.96. The highest BCUT2D eigenvalue weighted by molar-refractivity contribution is 7.99. The lowest BCUT2D eigenvalue weighted by Crippen LogP contribution is -2.22. The van der Waals surface area contributed by atoms with E-state index >= 15 is 0 Å². The summed E-state index contributed by atoms with van der Waals surface area (Å²) in [6.07, 6.45) is 11.7. The largest absolute Gasteiger partial charge is 0.496 e. The second kappa shape index (κ2) is 13.0. The first-order valence-electron chi connectivity index (χ1n) is 12.1. The van der Waals surface area contributed by atoms with Crippen LogP contribution in [-0.4, -0.2) is 33.5 Å². The molecule has 0 bridgehead atoms. The highest BCUT2D eigenvalue weighted by Crippen LogP contribution is 2.26. The van der Waals surface area contributed by atoms with Gasteiger partial charge in [-0.25, -0.2) is 0 Å². The first-order valence-corrected chi connectivity index (χ1v) is 13.1. The Morgan fingerprint density at radius 2 is 1.91 bits per heavy atom. The van der Waals surface area contributed by atoms with Gasteiger partial charge in [-0.15, -0.1) is 10.2 Å². The molecule has 1 aromatic heterocycles. The van der Waals surface area contributed by atoms with Crippen molar-refractivity contribution in [2.75, 3.05) is 12.9 Å². The Hall–Kier alpha value is -3.32. The molecule has 1 aliphatic carbocycles. The van der Waals surface area contributed by atoms with Crippen molar-refractivity contribution in [1.29, 1.82) is 0 Å². The van der Waals surface area contributed by atoms with Crippen molar-refractivity contribution >= 4 is 17.7 Å². The fourth-order valence-corrected chi connectivity index (χ4v) is 5.02. The van der Waals surface area contributed by atoms with Crippen LogP contribution in [0, 0.1) is 0 Å². The van der Waals surface area contributed by atoms with Gasteiger partial charge in [0.05, 0.1) is 7.11 Å². The summed E-state index contributed by atoms with van der Waals surface area (Å²) in [7, 11) is 1.64. The molecule has 1 aliphatic rings. The lowest BCUT2D eigenvalue weighted by Gasteiger charge is -2.12. The van der Waals surface area contributed by atoms with Crippen LogP contribution in [0.15, 0.2) is 83.6 Å². The van der Waals surface area contributed by atoms with E-state index in [-0.39, 0.29) is 5.91 Å². The Labute approximate surface area is 211 Å². The molecular formula is C28H32N4O2S. The monoisotopic (exact) mass is 488 g/mol. The van der Waals surface area contributed by atoms with Crippen molar-refractivity contribution in [3.8, 4) is 11.4 Å². The number of aryl methyl sites for hydroxylation is 1. The fraction of sp³-hybridized carbons (Fsp3) is 0.321. The quantitative estimate of drug-likeness (QED) is 0.263. The summed E-state index contributed by atoms with van der Waals surface area (Å²) >= 11 is 1.73. The SMILES string of the molecule is COc1ccccc1CNC(=O)CCCCc1nnc(SCC2=CC=CCC2)n1-c1ccccc1. The van der Waals surface area contributed by atoms with Gasteiger partial charge in [-0.05, 0) is 43.9 Å². The number of carbonyl (C=O) groups excluding carboxylic acids is 1. The number of aromatic nitrogens is 3. The molecule has 0 saturated heterocycles. The normalized spacial score (nSPS) is 12.9. The molecule has 1 amide bonds. The van der Waals surface area contributed by atoms with Gasteiger partial charge in [-0.3, -0.25) is 9.36 Å². The molecule has 2 aromatic carbocycles. The number of methoxy groups -OCH3 is 1. The van der Waals surface area contributed by atoms with Crippen molar-refractivity contribution in [1.82, 2.24) is 20.1 Å². The summed E-state index contributed by atoms with van der Waals surface area (Å²) in [5.41, 5.74) is 3.48. The Morgan fingerprint density at radius 3 is 2.71 bits per heavy atom. The maximum Gasteiger partial charge on any atom is 0.220 e. The summed E-state index contributed by atoms with van der Waals surface area (Å²) < 4.78 is 7.51. The van der Waals surface area contributed by atoms with Crippen LogP contribution in [0.1, 0.15) is 43.5 Å². The minimum Gasteiger partial charge on any atom is -0.496 e. The second-order valence-electron chi connectivity index (χ2n) is 8.45. The number of carbonyl (C=O) groups is 1. The molecule has 0 radical (unpaired) electrons. The number of nitrogens with zero attached hydrogens (tertiary/aromatic N) is 3. The van der Waals surface area contributed by atoms with Gasteiger partial charge < -0.3 is 10.1 Å². The van der Waals surface area contributed by atoms with E-state index in [0.717, 1.165) is 65.8 Å². The molecule has 0 atom stereocenters. The average molecular weight is 489 g/mol. The summed E-state index contributed by atoms with van der Waals surface area (Å²) in [5.74, 6) is 2.69. The first kappa shape index (κ1) is 24.8. The van der Waals surface area contributed by atoms with E-state index in [1.165, 1.54) is 5.57 Å². The van der Waals surface area contributed by atoms with Crippen LogP contribution in [0.4, 0.5) is 0 Å². The molecule has 0 fully saturated rings. The molecule has 0 spiro atoms. The van der Waals surface area contributed by atoms with Gasteiger partial charge in [0, 0.05) is 36.4 Å². The van der Waals surface area contributed by atoms with E-state index in [1.54, 1.807) is 18.9 Å². The van der Waals surface area contributed by atoms with Crippen molar-refractivity contribution < 1.29 is 9.53 Å². The highest BCUT2D eigenvalue weighted by atomic mass is 32.2. The number of nitrogens with one attached hydrogen (secondary N) is 1. The number of benzene rings is 2. The van der Waals surface area contributed by atoms with Gasteiger partial charge in [-0.1, -0.05) is 72.0 Å². The lowest BCUT2D eigenvalue weighted by molar-refractivity contribution is -0.121. The van der Waals surface area contributed by atoms with E-state index in [1.807, 2.05) is 42.5 Å². The molecule has 3 aromatic rings. The predicted octanol–water partition coefficient (Wildman–Crippen LogP) is 5.67. The lowest BCUT2D eigenvalue weighted by atomic mass is 10.1. The van der Waals surface area contributed by atoms with E-state index in [4.69, 9.17) is 4.74 Å². The molecular weight excluding hydrogens is 456 g/mol. The molecule has 6 nitrogen and oxygen atoms in total. The predicted molar refractivity (Wildman–Crippen MR) is 141 cm³/mol. The summed E-state index contributed by atoms with van der Waals surface area (Å²) in [4.78, 5) is 12.4. The number of unbranched alkanes of at least 4 members (excludes halogenated alkanes) is 1. The minimum absolute atomic E-state index is 0.0477. The molecule has 35 heavy (non-hydrogen) atoms. The molecule has 0 unspecified atom stereocenters. The van der Waals surface area contributed by atoms with Crippen LogP contribution < -0.4 is 10.1 Å². The Balaban J connectivity index is 1.31. The number of allylic oxidation sites excluding steroid dienone is 3. The topological polar surface area (TPSA) is 69.0 Å². The molecule has 182 valence electrons. The summed E-state index contributed by atoms with van der Waals surface area (Å²) in [5, 5.41) is 12.9. The summed E-state index contributed by atoms with van der Waals surface area (Å²) in [6.45, 7) is 0.470. The Kier molecular flexibility index (Phi) is 9.17. The smallest absolute Gasteiger partial charge is 0.220 e. The van der Waals surface area contributed by atoms with Gasteiger partial charge >= 0.3 is 0 Å². The standard InChI is InChI=1S/C28H32N4O2S/c1-34-25-17-9-8-14-23(25)20-29-27(33)19-11-10-18-26-30-31-28(32(26)24-15-6-3-7-16-24)35-21-22-12-4-2-5-13-22/h2-4,6-9,12,14-17H,5,10-11,13,18-21H2,1H3,(H,29,33). The Morgan fingerprint density at radius 1 is 1.09 bits per heavy atom. The maximum absolute atomic E-state index is 12.4. The van der Waals surface area contributed by atoms with Crippen molar-refractivity contribution in [2.24, 2.45) is 0 Å². The van der Waals surface area contributed by atoms with Crippen LogP contribution >= 0.6 is 11.8 Å². The molecule has 1 N–H and O–H groups in total. The zero-order valence-electron chi connectivity index (χ0n) is 20.2.